The molecule has 194 valence electrons. The zero-order chi connectivity index (χ0) is 25.2. The van der Waals surface area contributed by atoms with E-state index in [0.29, 0.717) is 57.0 Å². The number of alkyl halides is 2. The van der Waals surface area contributed by atoms with Gasteiger partial charge in [0.1, 0.15) is 6.61 Å². The van der Waals surface area contributed by atoms with E-state index in [0.717, 1.165) is 4.31 Å². The fourth-order valence-corrected chi connectivity index (χ4v) is 6.99. The van der Waals surface area contributed by atoms with Crippen molar-refractivity contribution in [2.24, 2.45) is 11.1 Å². The summed E-state index contributed by atoms with van der Waals surface area (Å²) in [5.41, 5.74) is 0. The van der Waals surface area contributed by atoms with Gasteiger partial charge in [-0.05, 0) is 37.1 Å². The molecule has 1 aromatic carbocycles. The Balaban J connectivity index is 1.46. The highest BCUT2D eigenvalue weighted by Gasteiger charge is 2.63. The SMILES string of the molecule is O=NCCN1CCN(C(=O)OCC2CCCC(C3CC3(F)F)N2S(=O)(=O)c2ccc(Cl)cc2)CC1. The summed E-state index contributed by atoms with van der Waals surface area (Å²) in [6, 6.07) is 4.00. The number of benzene rings is 1. The number of ether oxygens (including phenoxy) is 1. The van der Waals surface area contributed by atoms with Crippen LogP contribution in [0.4, 0.5) is 13.6 Å². The number of hydrogen-bond donors (Lipinski definition) is 0. The summed E-state index contributed by atoms with van der Waals surface area (Å²) < 4.78 is 61.9. The number of nitrogens with zero attached hydrogens (tertiary/aromatic N) is 4. The van der Waals surface area contributed by atoms with Crippen LogP contribution in [0, 0.1) is 10.8 Å². The maximum atomic E-state index is 14.0. The van der Waals surface area contributed by atoms with Crippen molar-refractivity contribution < 1.29 is 26.7 Å². The molecule has 3 unspecified atom stereocenters. The summed E-state index contributed by atoms with van der Waals surface area (Å²) in [7, 11) is -4.13. The van der Waals surface area contributed by atoms with Crippen LogP contribution in [0.25, 0.3) is 0 Å². The van der Waals surface area contributed by atoms with Crippen molar-refractivity contribution in [3.8, 4) is 0 Å². The van der Waals surface area contributed by atoms with Gasteiger partial charge in [-0.2, -0.15) is 9.21 Å². The van der Waals surface area contributed by atoms with Crippen LogP contribution in [-0.4, -0.2) is 92.5 Å². The van der Waals surface area contributed by atoms with Gasteiger partial charge in [0.05, 0.1) is 17.5 Å². The average Bonchev–Trinajstić information content (AvgIpc) is 3.49. The predicted octanol–water partition coefficient (Wildman–Crippen LogP) is 3.43. The molecule has 1 aliphatic carbocycles. The second-order valence-electron chi connectivity index (χ2n) is 9.27. The lowest BCUT2D eigenvalue weighted by Gasteiger charge is -2.41. The maximum absolute atomic E-state index is 14.0. The van der Waals surface area contributed by atoms with E-state index in [-0.39, 0.29) is 24.5 Å². The molecule has 0 bridgehead atoms. The summed E-state index contributed by atoms with van der Waals surface area (Å²) in [6.45, 7) is 2.46. The Morgan fingerprint density at radius 1 is 1.14 bits per heavy atom. The Labute approximate surface area is 208 Å². The van der Waals surface area contributed by atoms with Gasteiger partial charge in [0.15, 0.2) is 0 Å². The molecule has 0 radical (unpaired) electrons. The molecule has 0 spiro atoms. The molecule has 13 heteroatoms. The van der Waals surface area contributed by atoms with E-state index in [1.54, 1.807) is 0 Å². The van der Waals surface area contributed by atoms with E-state index >= 15 is 0 Å². The topological polar surface area (TPSA) is 99.6 Å². The van der Waals surface area contributed by atoms with Crippen molar-refractivity contribution in [3.05, 3.63) is 34.2 Å². The molecular formula is C22H29ClF2N4O5S. The molecule has 3 atom stereocenters. The first-order chi connectivity index (χ1) is 16.6. The largest absolute Gasteiger partial charge is 0.448 e. The Morgan fingerprint density at radius 2 is 1.80 bits per heavy atom. The molecule has 1 amide bonds. The van der Waals surface area contributed by atoms with Crippen LogP contribution in [0.15, 0.2) is 34.3 Å². The number of sulfonamides is 1. The lowest BCUT2D eigenvalue weighted by molar-refractivity contribution is 0.0311. The van der Waals surface area contributed by atoms with Crippen molar-refractivity contribution in [2.75, 3.05) is 45.9 Å². The standard InChI is InChI=1S/C22H29ClF2N4O5S/c23-16-4-6-18(7-5-16)35(32,33)29-17(2-1-3-20(29)19-14-22(19,24)25)15-34-21(30)28-12-10-27(11-13-28)9-8-26-31/h4-7,17,19-20H,1-3,8-15H2. The van der Waals surface area contributed by atoms with Crippen LogP contribution in [0.2, 0.25) is 5.02 Å². The molecule has 9 nitrogen and oxygen atoms in total. The van der Waals surface area contributed by atoms with Crippen LogP contribution >= 0.6 is 11.6 Å². The molecule has 2 aliphatic heterocycles. The van der Waals surface area contributed by atoms with Crippen molar-refractivity contribution >= 4 is 27.7 Å². The lowest BCUT2D eigenvalue weighted by Crippen LogP contribution is -2.54. The van der Waals surface area contributed by atoms with Gasteiger partial charge in [-0.3, -0.25) is 4.90 Å². The summed E-state index contributed by atoms with van der Waals surface area (Å²) in [4.78, 5) is 26.5. The van der Waals surface area contributed by atoms with Gasteiger partial charge >= 0.3 is 6.09 Å². The minimum absolute atomic E-state index is 0.0324. The minimum atomic E-state index is -4.13. The third-order valence-electron chi connectivity index (χ3n) is 6.99. The highest BCUT2D eigenvalue weighted by Crippen LogP contribution is 2.54. The van der Waals surface area contributed by atoms with Crippen LogP contribution in [-0.2, 0) is 14.8 Å². The Hall–Kier alpha value is -1.89. The van der Waals surface area contributed by atoms with Crippen molar-refractivity contribution in [3.63, 3.8) is 0 Å². The maximum Gasteiger partial charge on any atom is 0.409 e. The number of piperidine rings is 1. The molecule has 3 fully saturated rings. The second-order valence-corrected chi connectivity index (χ2v) is 11.6. The van der Waals surface area contributed by atoms with Crippen LogP contribution in [0.5, 0.6) is 0 Å². The first kappa shape index (κ1) is 26.2. The average molecular weight is 535 g/mol. The summed E-state index contributed by atoms with van der Waals surface area (Å²) in [5, 5.41) is 3.21. The van der Waals surface area contributed by atoms with Gasteiger partial charge in [0.2, 0.25) is 10.0 Å². The van der Waals surface area contributed by atoms with Gasteiger partial charge in [0, 0.05) is 56.1 Å². The van der Waals surface area contributed by atoms with Crippen molar-refractivity contribution in [1.29, 1.82) is 0 Å². The Morgan fingerprint density at radius 3 is 2.40 bits per heavy atom. The zero-order valence-electron chi connectivity index (χ0n) is 19.2. The third kappa shape index (κ3) is 5.92. The molecule has 35 heavy (non-hydrogen) atoms. The number of piperazine rings is 1. The number of halogens is 3. The van der Waals surface area contributed by atoms with Crippen molar-refractivity contribution in [2.45, 2.75) is 48.6 Å². The van der Waals surface area contributed by atoms with Crippen LogP contribution in [0.3, 0.4) is 0 Å². The second kappa shape index (κ2) is 10.6. The molecule has 3 aliphatic rings. The van der Waals surface area contributed by atoms with Crippen LogP contribution < -0.4 is 0 Å². The van der Waals surface area contributed by atoms with Crippen LogP contribution in [0.1, 0.15) is 25.7 Å². The molecule has 0 N–H and O–H groups in total. The Kier molecular flexibility index (Phi) is 7.94. The molecule has 2 heterocycles. The highest BCUT2D eigenvalue weighted by atomic mass is 35.5. The summed E-state index contributed by atoms with van der Waals surface area (Å²) in [5.74, 6) is -3.94. The number of amides is 1. The van der Waals surface area contributed by atoms with Crippen molar-refractivity contribution in [1.82, 2.24) is 14.1 Å². The van der Waals surface area contributed by atoms with Gasteiger partial charge in [-0.1, -0.05) is 23.2 Å². The lowest BCUT2D eigenvalue weighted by atomic mass is 9.95. The number of hydrogen-bond acceptors (Lipinski definition) is 7. The molecule has 1 aromatic rings. The van der Waals surface area contributed by atoms with E-state index in [1.807, 2.05) is 4.90 Å². The molecule has 4 rings (SSSR count). The number of carbonyl (C=O) groups is 1. The monoisotopic (exact) mass is 534 g/mol. The fraction of sp³-hybridized carbons (Fsp3) is 0.682. The van der Waals surface area contributed by atoms with Gasteiger partial charge in [-0.15, -0.1) is 0 Å². The third-order valence-corrected chi connectivity index (χ3v) is 9.23. The minimum Gasteiger partial charge on any atom is -0.448 e. The molecule has 0 aromatic heterocycles. The van der Waals surface area contributed by atoms with E-state index in [1.165, 1.54) is 29.2 Å². The van der Waals surface area contributed by atoms with Gasteiger partial charge in [0.25, 0.3) is 5.92 Å². The Bertz CT molecular complexity index is 1020. The van der Waals surface area contributed by atoms with E-state index in [2.05, 4.69) is 5.18 Å². The molecular weight excluding hydrogens is 506 g/mol. The quantitative estimate of drug-likeness (QED) is 0.474. The van der Waals surface area contributed by atoms with Gasteiger partial charge in [-0.25, -0.2) is 22.0 Å². The zero-order valence-corrected chi connectivity index (χ0v) is 20.8. The van der Waals surface area contributed by atoms with E-state index < -0.39 is 40.0 Å². The summed E-state index contributed by atoms with van der Waals surface area (Å²) in [6.07, 6.45) is 0.383. The number of carbonyl (C=O) groups excluding carboxylic acids is 1. The predicted molar refractivity (Wildman–Crippen MR) is 125 cm³/mol. The molecule has 2 saturated heterocycles. The normalized spacial score (nSPS) is 27.4. The first-order valence-electron chi connectivity index (χ1n) is 11.7. The van der Waals surface area contributed by atoms with E-state index in [9.17, 15) is 26.9 Å². The smallest absolute Gasteiger partial charge is 0.409 e. The first-order valence-corrected chi connectivity index (χ1v) is 13.6. The van der Waals surface area contributed by atoms with Gasteiger partial charge < -0.3 is 9.64 Å². The van der Waals surface area contributed by atoms with E-state index in [4.69, 9.17) is 16.3 Å². The fourth-order valence-electron chi connectivity index (χ4n) is 4.97. The highest BCUT2D eigenvalue weighted by molar-refractivity contribution is 7.89. The summed E-state index contributed by atoms with van der Waals surface area (Å²) >= 11 is 5.90. The molecule has 1 saturated carbocycles. The number of rotatable bonds is 8. The number of nitroso groups, excluding NO2 is 1.